The highest BCUT2D eigenvalue weighted by atomic mass is 32.1. The molecule has 4 nitrogen and oxygen atoms in total. The molecule has 0 radical (unpaired) electrons. The molecule has 0 unspecified atom stereocenters. The molecule has 1 fully saturated rings. The Labute approximate surface area is 155 Å². The van der Waals surface area contributed by atoms with Gasteiger partial charge in [-0.3, -0.25) is 4.90 Å². The fraction of sp³-hybridized carbons (Fsp3) is 0.333. The summed E-state index contributed by atoms with van der Waals surface area (Å²) < 4.78 is 18.3. The van der Waals surface area contributed by atoms with Gasteiger partial charge in [0.25, 0.3) is 0 Å². The van der Waals surface area contributed by atoms with E-state index in [9.17, 15) is 4.39 Å². The van der Waals surface area contributed by atoms with Crippen LogP contribution in [-0.2, 0) is 20.3 Å². The lowest BCUT2D eigenvalue weighted by atomic mass is 10.2. The van der Waals surface area contributed by atoms with Crippen molar-refractivity contribution in [2.45, 2.75) is 32.1 Å². The van der Waals surface area contributed by atoms with Gasteiger partial charge >= 0.3 is 0 Å². The second-order valence-electron chi connectivity index (χ2n) is 6.34. The zero-order chi connectivity index (χ0) is 17.4. The molecule has 0 saturated heterocycles. The van der Waals surface area contributed by atoms with Crippen molar-refractivity contribution in [2.24, 2.45) is 7.05 Å². The molecule has 0 bridgehead atoms. The highest BCUT2D eigenvalue weighted by Crippen LogP contribution is 2.30. The van der Waals surface area contributed by atoms with Crippen molar-refractivity contribution in [2.75, 3.05) is 0 Å². The minimum Gasteiger partial charge on any atom is -0.303 e. The zero-order valence-corrected chi connectivity index (χ0v) is 15.6. The van der Waals surface area contributed by atoms with Gasteiger partial charge in [-0.15, -0.1) is 11.3 Å². The fourth-order valence-electron chi connectivity index (χ4n) is 2.97. The van der Waals surface area contributed by atoms with Gasteiger partial charge < -0.3 is 4.57 Å². The SMILES string of the molecule is Cn1c(-c2ccccc2F)nn(CN(Cc2cccs2)C2CC2)c1=S. The van der Waals surface area contributed by atoms with Crippen LogP contribution in [0.5, 0.6) is 0 Å². The lowest BCUT2D eigenvalue weighted by molar-refractivity contribution is 0.188. The first-order chi connectivity index (χ1) is 12.1. The molecule has 0 N–H and O–H groups in total. The highest BCUT2D eigenvalue weighted by Gasteiger charge is 2.30. The standard InChI is InChI=1S/C18H19FN4S2/c1-21-17(15-6-2-3-7-16(15)19)20-23(18(21)24)12-22(13-8-9-13)11-14-5-4-10-25-14/h2-7,10,13H,8-9,11-12H2,1H3. The molecule has 4 rings (SSSR count). The molecule has 1 aliphatic carbocycles. The van der Waals surface area contributed by atoms with E-state index in [1.807, 2.05) is 17.8 Å². The van der Waals surface area contributed by atoms with Crippen molar-refractivity contribution in [3.8, 4) is 11.4 Å². The molecular weight excluding hydrogens is 355 g/mol. The number of hydrogen-bond donors (Lipinski definition) is 0. The van der Waals surface area contributed by atoms with Crippen LogP contribution in [0.4, 0.5) is 4.39 Å². The van der Waals surface area contributed by atoms with Gasteiger partial charge in [-0.2, -0.15) is 5.10 Å². The third-order valence-corrected chi connectivity index (χ3v) is 5.82. The summed E-state index contributed by atoms with van der Waals surface area (Å²) in [5.41, 5.74) is 0.478. The number of aromatic nitrogens is 3. The van der Waals surface area contributed by atoms with Crippen LogP contribution in [0, 0.1) is 10.6 Å². The van der Waals surface area contributed by atoms with Crippen LogP contribution in [0.1, 0.15) is 17.7 Å². The van der Waals surface area contributed by atoms with Gasteiger partial charge in [-0.25, -0.2) is 9.07 Å². The summed E-state index contributed by atoms with van der Waals surface area (Å²) in [5, 5.41) is 6.72. The summed E-state index contributed by atoms with van der Waals surface area (Å²) in [6.07, 6.45) is 2.43. The number of benzene rings is 1. The lowest BCUT2D eigenvalue weighted by Gasteiger charge is -2.20. The molecule has 0 atom stereocenters. The molecule has 2 heterocycles. The molecule has 1 aromatic carbocycles. The van der Waals surface area contributed by atoms with Crippen LogP contribution in [0.2, 0.25) is 0 Å². The Morgan fingerprint density at radius 3 is 2.76 bits per heavy atom. The Morgan fingerprint density at radius 1 is 1.28 bits per heavy atom. The summed E-state index contributed by atoms with van der Waals surface area (Å²) in [4.78, 5) is 3.74. The van der Waals surface area contributed by atoms with Crippen molar-refractivity contribution in [3.05, 3.63) is 57.2 Å². The highest BCUT2D eigenvalue weighted by molar-refractivity contribution is 7.71. The fourth-order valence-corrected chi connectivity index (χ4v) is 3.88. The maximum Gasteiger partial charge on any atom is 0.199 e. The zero-order valence-electron chi connectivity index (χ0n) is 13.9. The second-order valence-corrected chi connectivity index (χ2v) is 7.74. The summed E-state index contributed by atoms with van der Waals surface area (Å²) in [7, 11) is 1.84. The maximum absolute atomic E-state index is 14.1. The Kier molecular flexibility index (Phi) is 4.54. The molecule has 0 aliphatic heterocycles. The number of thiophene rings is 1. The van der Waals surface area contributed by atoms with Crippen LogP contribution in [-0.4, -0.2) is 25.3 Å². The summed E-state index contributed by atoms with van der Waals surface area (Å²) in [6, 6.07) is 11.5. The van der Waals surface area contributed by atoms with Crippen molar-refractivity contribution in [1.29, 1.82) is 0 Å². The van der Waals surface area contributed by atoms with Gasteiger partial charge in [-0.05, 0) is 48.6 Å². The summed E-state index contributed by atoms with van der Waals surface area (Å²) >= 11 is 7.31. The normalized spacial score (nSPS) is 14.4. The lowest BCUT2D eigenvalue weighted by Crippen LogP contribution is -2.28. The van der Waals surface area contributed by atoms with Crippen LogP contribution in [0.25, 0.3) is 11.4 Å². The van der Waals surface area contributed by atoms with Crippen LogP contribution in [0.15, 0.2) is 41.8 Å². The predicted octanol–water partition coefficient (Wildman–Crippen LogP) is 4.44. The van der Waals surface area contributed by atoms with Gasteiger partial charge in [-0.1, -0.05) is 18.2 Å². The Balaban J connectivity index is 1.63. The van der Waals surface area contributed by atoms with Crippen molar-refractivity contribution in [1.82, 2.24) is 19.2 Å². The number of hydrogen-bond acceptors (Lipinski definition) is 4. The van der Waals surface area contributed by atoms with E-state index < -0.39 is 0 Å². The van der Waals surface area contributed by atoms with Crippen LogP contribution >= 0.6 is 23.6 Å². The van der Waals surface area contributed by atoms with E-state index in [0.717, 1.165) is 6.54 Å². The smallest absolute Gasteiger partial charge is 0.199 e. The van der Waals surface area contributed by atoms with Crippen LogP contribution < -0.4 is 0 Å². The number of halogens is 1. The quantitative estimate of drug-likeness (QED) is 0.597. The molecule has 25 heavy (non-hydrogen) atoms. The van der Waals surface area contributed by atoms with E-state index in [-0.39, 0.29) is 5.82 Å². The van der Waals surface area contributed by atoms with Gasteiger partial charge in [0.15, 0.2) is 10.6 Å². The van der Waals surface area contributed by atoms with E-state index in [1.165, 1.54) is 23.8 Å². The first kappa shape index (κ1) is 16.6. The minimum absolute atomic E-state index is 0.282. The Hall–Kier alpha value is -1.83. The van der Waals surface area contributed by atoms with E-state index in [1.54, 1.807) is 28.0 Å². The van der Waals surface area contributed by atoms with E-state index in [2.05, 4.69) is 27.5 Å². The van der Waals surface area contributed by atoms with E-state index in [4.69, 9.17) is 12.2 Å². The molecule has 7 heteroatoms. The van der Waals surface area contributed by atoms with Crippen LogP contribution in [0.3, 0.4) is 0 Å². The Morgan fingerprint density at radius 2 is 2.08 bits per heavy atom. The van der Waals surface area contributed by atoms with E-state index >= 15 is 0 Å². The second kappa shape index (κ2) is 6.82. The van der Waals surface area contributed by atoms with Crippen molar-refractivity contribution in [3.63, 3.8) is 0 Å². The first-order valence-corrected chi connectivity index (χ1v) is 9.57. The maximum atomic E-state index is 14.1. The molecule has 130 valence electrons. The topological polar surface area (TPSA) is 26.0 Å². The average Bonchev–Trinajstić information content (AvgIpc) is 3.27. The Bertz CT molecular complexity index is 925. The third-order valence-electron chi connectivity index (χ3n) is 4.47. The van der Waals surface area contributed by atoms with E-state index in [0.29, 0.717) is 28.9 Å². The molecule has 0 amide bonds. The van der Waals surface area contributed by atoms with Crippen molar-refractivity contribution < 1.29 is 4.39 Å². The van der Waals surface area contributed by atoms with Gasteiger partial charge in [0, 0.05) is 24.5 Å². The number of nitrogens with zero attached hydrogens (tertiary/aromatic N) is 4. The van der Waals surface area contributed by atoms with Crippen molar-refractivity contribution >= 4 is 23.6 Å². The molecule has 3 aromatic rings. The van der Waals surface area contributed by atoms with Gasteiger partial charge in [0.1, 0.15) is 5.82 Å². The largest absolute Gasteiger partial charge is 0.303 e. The molecule has 0 spiro atoms. The predicted molar refractivity (Wildman–Crippen MR) is 100 cm³/mol. The monoisotopic (exact) mass is 374 g/mol. The number of rotatable bonds is 6. The molecule has 1 aliphatic rings. The molecule has 2 aromatic heterocycles. The molecule has 1 saturated carbocycles. The molecular formula is C18H19FN4S2. The summed E-state index contributed by atoms with van der Waals surface area (Å²) in [6.45, 7) is 1.53. The van der Waals surface area contributed by atoms with Gasteiger partial charge in [0.2, 0.25) is 0 Å². The first-order valence-electron chi connectivity index (χ1n) is 8.28. The average molecular weight is 375 g/mol. The summed E-state index contributed by atoms with van der Waals surface area (Å²) in [5.74, 6) is 0.283. The van der Waals surface area contributed by atoms with Gasteiger partial charge in [0.05, 0.1) is 12.2 Å². The minimum atomic E-state index is -0.282. The third kappa shape index (κ3) is 3.44.